The first-order valence-corrected chi connectivity index (χ1v) is 10.2. The van der Waals surface area contributed by atoms with Gasteiger partial charge in [0.05, 0.1) is 10.6 Å². The number of nitro benzene ring substituents is 1. The van der Waals surface area contributed by atoms with Gasteiger partial charge < -0.3 is 9.88 Å². The lowest BCUT2D eigenvalue weighted by atomic mass is 10.1. The van der Waals surface area contributed by atoms with Crippen LogP contribution in [0.2, 0.25) is 5.02 Å². The van der Waals surface area contributed by atoms with Gasteiger partial charge in [-0.25, -0.2) is 0 Å². The van der Waals surface area contributed by atoms with Gasteiger partial charge in [-0.3, -0.25) is 14.9 Å². The molecule has 31 heavy (non-hydrogen) atoms. The molecule has 0 saturated heterocycles. The van der Waals surface area contributed by atoms with E-state index in [0.717, 1.165) is 17.1 Å². The van der Waals surface area contributed by atoms with Crippen LogP contribution >= 0.6 is 27.5 Å². The summed E-state index contributed by atoms with van der Waals surface area (Å²) in [5, 5.41) is 23.6. The first-order valence-electron chi connectivity index (χ1n) is 9.03. The Hall–Kier alpha value is -3.41. The fourth-order valence-electron chi connectivity index (χ4n) is 3.16. The summed E-state index contributed by atoms with van der Waals surface area (Å²) >= 11 is 9.31. The van der Waals surface area contributed by atoms with Gasteiger partial charge in [0.1, 0.15) is 11.6 Å². The van der Waals surface area contributed by atoms with E-state index in [1.54, 1.807) is 6.07 Å². The van der Waals surface area contributed by atoms with Gasteiger partial charge >= 0.3 is 0 Å². The number of carbonyl (C=O) groups excluding carboxylic acids is 1. The number of rotatable bonds is 5. The van der Waals surface area contributed by atoms with E-state index < -0.39 is 10.8 Å². The third kappa shape index (κ3) is 4.85. The van der Waals surface area contributed by atoms with Crippen LogP contribution in [-0.2, 0) is 4.79 Å². The Labute approximate surface area is 191 Å². The van der Waals surface area contributed by atoms with Crippen molar-refractivity contribution in [2.75, 3.05) is 5.32 Å². The number of nitriles is 1. The highest BCUT2D eigenvalue weighted by atomic mass is 79.9. The fraction of sp³-hybridized carbons (Fsp3) is 0.0909. The number of non-ortho nitro benzene ring substituents is 1. The molecular weight excluding hydrogens is 484 g/mol. The van der Waals surface area contributed by atoms with Crippen LogP contribution in [0.15, 0.2) is 58.6 Å². The predicted octanol–water partition coefficient (Wildman–Crippen LogP) is 5.96. The third-order valence-corrected chi connectivity index (χ3v) is 5.50. The molecule has 1 heterocycles. The lowest BCUT2D eigenvalue weighted by molar-refractivity contribution is -0.384. The number of hydrogen-bond donors (Lipinski definition) is 1. The lowest BCUT2D eigenvalue weighted by Crippen LogP contribution is -2.14. The largest absolute Gasteiger partial charge is 0.320 e. The molecule has 0 saturated carbocycles. The minimum absolute atomic E-state index is 0.100. The number of carbonyl (C=O) groups is 1. The summed E-state index contributed by atoms with van der Waals surface area (Å²) in [6.45, 7) is 3.81. The van der Waals surface area contributed by atoms with Crippen molar-refractivity contribution in [2.24, 2.45) is 0 Å². The van der Waals surface area contributed by atoms with E-state index in [1.165, 1.54) is 24.3 Å². The first kappa shape index (κ1) is 22.3. The standard InChI is InChI=1S/C22H16BrClN4O3/c1-13-8-15(14(2)27(13)18-5-3-4-17(24)10-18)9-16(12-25)22(29)26-21-7-6-19(28(30)31)11-20(21)23/h3-11H,1-2H3,(H,26,29)/b16-9-. The summed E-state index contributed by atoms with van der Waals surface area (Å²) in [7, 11) is 0. The summed E-state index contributed by atoms with van der Waals surface area (Å²) < 4.78 is 2.32. The molecule has 1 N–H and O–H groups in total. The number of nitrogens with zero attached hydrogens (tertiary/aromatic N) is 3. The van der Waals surface area contributed by atoms with Gasteiger partial charge in [0.15, 0.2) is 0 Å². The van der Waals surface area contributed by atoms with Crippen molar-refractivity contribution in [1.82, 2.24) is 4.57 Å². The van der Waals surface area contributed by atoms with Crippen molar-refractivity contribution in [3.05, 3.63) is 90.7 Å². The van der Waals surface area contributed by atoms with Crippen molar-refractivity contribution in [3.8, 4) is 11.8 Å². The number of nitro groups is 1. The number of hydrogen-bond acceptors (Lipinski definition) is 4. The molecule has 9 heteroatoms. The number of benzene rings is 2. The number of aryl methyl sites for hydroxylation is 1. The van der Waals surface area contributed by atoms with Crippen LogP contribution in [0.1, 0.15) is 17.0 Å². The zero-order valence-electron chi connectivity index (χ0n) is 16.5. The Kier molecular flexibility index (Phi) is 6.59. The predicted molar refractivity (Wildman–Crippen MR) is 123 cm³/mol. The average Bonchev–Trinajstić information content (AvgIpc) is 3.00. The fourth-order valence-corrected chi connectivity index (χ4v) is 3.81. The van der Waals surface area contributed by atoms with Gasteiger partial charge in [0.25, 0.3) is 11.6 Å². The second-order valence-corrected chi connectivity index (χ2v) is 7.98. The Bertz CT molecular complexity index is 1270. The van der Waals surface area contributed by atoms with E-state index in [-0.39, 0.29) is 11.3 Å². The minimum atomic E-state index is -0.621. The maximum Gasteiger partial charge on any atom is 0.270 e. The number of aromatic nitrogens is 1. The zero-order chi connectivity index (χ0) is 22.7. The molecule has 3 rings (SSSR count). The molecule has 0 radical (unpaired) electrons. The number of halogens is 2. The average molecular weight is 500 g/mol. The van der Waals surface area contributed by atoms with Gasteiger partial charge in [-0.2, -0.15) is 5.26 Å². The molecule has 3 aromatic rings. The first-order chi connectivity index (χ1) is 14.7. The Morgan fingerprint density at radius 3 is 2.61 bits per heavy atom. The summed E-state index contributed by atoms with van der Waals surface area (Å²) in [4.78, 5) is 23.0. The monoisotopic (exact) mass is 498 g/mol. The van der Waals surface area contributed by atoms with E-state index in [2.05, 4.69) is 21.2 Å². The van der Waals surface area contributed by atoms with Gasteiger partial charge in [-0.05, 0) is 71.7 Å². The lowest BCUT2D eigenvalue weighted by Gasteiger charge is -2.10. The highest BCUT2D eigenvalue weighted by Gasteiger charge is 2.16. The summed E-state index contributed by atoms with van der Waals surface area (Å²) in [5.41, 5.74) is 3.46. The molecule has 156 valence electrons. The number of amides is 1. The molecule has 0 aliphatic heterocycles. The van der Waals surface area contributed by atoms with Crippen LogP contribution in [0.3, 0.4) is 0 Å². The second-order valence-electron chi connectivity index (χ2n) is 6.69. The molecule has 0 unspecified atom stereocenters. The van der Waals surface area contributed by atoms with Gasteiger partial charge in [-0.1, -0.05) is 17.7 Å². The molecule has 1 amide bonds. The third-order valence-electron chi connectivity index (χ3n) is 4.61. The molecule has 0 aliphatic carbocycles. The number of nitrogens with one attached hydrogen (secondary N) is 1. The molecular formula is C22H16BrClN4O3. The van der Waals surface area contributed by atoms with Crippen LogP contribution in [0.4, 0.5) is 11.4 Å². The van der Waals surface area contributed by atoms with E-state index in [1.807, 2.05) is 48.7 Å². The molecule has 2 aromatic carbocycles. The van der Waals surface area contributed by atoms with Crippen LogP contribution in [-0.4, -0.2) is 15.4 Å². The maximum absolute atomic E-state index is 12.7. The quantitative estimate of drug-likeness (QED) is 0.202. The molecule has 7 nitrogen and oxygen atoms in total. The minimum Gasteiger partial charge on any atom is -0.320 e. The summed E-state index contributed by atoms with van der Waals surface area (Å²) in [6, 6.07) is 15.1. The molecule has 0 bridgehead atoms. The molecule has 0 atom stereocenters. The maximum atomic E-state index is 12.7. The molecule has 1 aromatic heterocycles. The van der Waals surface area contributed by atoms with Crippen molar-refractivity contribution in [1.29, 1.82) is 5.26 Å². The Balaban J connectivity index is 1.92. The second kappa shape index (κ2) is 9.16. The normalized spacial score (nSPS) is 11.1. The zero-order valence-corrected chi connectivity index (χ0v) is 18.9. The van der Waals surface area contributed by atoms with E-state index in [4.69, 9.17) is 11.6 Å². The van der Waals surface area contributed by atoms with Crippen LogP contribution in [0.5, 0.6) is 0 Å². The van der Waals surface area contributed by atoms with E-state index in [9.17, 15) is 20.2 Å². The van der Waals surface area contributed by atoms with E-state index >= 15 is 0 Å². The molecule has 0 spiro atoms. The van der Waals surface area contributed by atoms with Gasteiger partial charge in [-0.15, -0.1) is 0 Å². The van der Waals surface area contributed by atoms with E-state index in [0.29, 0.717) is 20.7 Å². The van der Waals surface area contributed by atoms with Crippen molar-refractivity contribution >= 4 is 50.9 Å². The smallest absolute Gasteiger partial charge is 0.270 e. The summed E-state index contributed by atoms with van der Waals surface area (Å²) in [5.74, 6) is -0.621. The van der Waals surface area contributed by atoms with Crippen molar-refractivity contribution in [2.45, 2.75) is 13.8 Å². The van der Waals surface area contributed by atoms with Gasteiger partial charge in [0, 0.05) is 38.7 Å². The van der Waals surface area contributed by atoms with Crippen LogP contribution < -0.4 is 5.32 Å². The summed E-state index contributed by atoms with van der Waals surface area (Å²) in [6.07, 6.45) is 1.51. The Morgan fingerprint density at radius 1 is 1.26 bits per heavy atom. The highest BCUT2D eigenvalue weighted by molar-refractivity contribution is 9.10. The molecule has 0 fully saturated rings. The van der Waals surface area contributed by atoms with Crippen LogP contribution in [0.25, 0.3) is 11.8 Å². The molecule has 0 aliphatic rings. The highest BCUT2D eigenvalue weighted by Crippen LogP contribution is 2.28. The topological polar surface area (TPSA) is 101 Å². The number of anilines is 1. The van der Waals surface area contributed by atoms with Crippen LogP contribution in [0, 0.1) is 35.3 Å². The SMILES string of the molecule is Cc1cc(/C=C(/C#N)C(=O)Nc2ccc([N+](=O)[O-])cc2Br)c(C)n1-c1cccc(Cl)c1. The van der Waals surface area contributed by atoms with Crippen molar-refractivity contribution < 1.29 is 9.72 Å². The Morgan fingerprint density at radius 2 is 2.00 bits per heavy atom. The van der Waals surface area contributed by atoms with Gasteiger partial charge in [0.2, 0.25) is 0 Å². The van der Waals surface area contributed by atoms with Crippen molar-refractivity contribution in [3.63, 3.8) is 0 Å².